The zero-order valence-electron chi connectivity index (χ0n) is 15.6. The summed E-state index contributed by atoms with van der Waals surface area (Å²) in [5.41, 5.74) is 0. The Hall–Kier alpha value is -1.75. The molecule has 4 nitrogen and oxygen atoms in total. The van der Waals surface area contributed by atoms with Crippen molar-refractivity contribution in [3.63, 3.8) is 0 Å². The third kappa shape index (κ3) is 5.63. The zero-order chi connectivity index (χ0) is 18.2. The van der Waals surface area contributed by atoms with Gasteiger partial charge in [0.2, 0.25) is 5.95 Å². The Kier molecular flexibility index (Phi) is 7.18. The van der Waals surface area contributed by atoms with E-state index in [1.807, 2.05) is 6.07 Å². The molecule has 0 saturated carbocycles. The van der Waals surface area contributed by atoms with Crippen molar-refractivity contribution in [3.8, 4) is 0 Å². The van der Waals surface area contributed by atoms with E-state index >= 15 is 0 Å². The van der Waals surface area contributed by atoms with Gasteiger partial charge in [-0.15, -0.1) is 0 Å². The maximum absolute atomic E-state index is 13.2. The molecule has 5 heteroatoms. The molecule has 1 saturated heterocycles. The molecule has 2 heterocycles. The van der Waals surface area contributed by atoms with Crippen LogP contribution in [0.4, 0.5) is 10.2 Å². The maximum Gasteiger partial charge on any atom is 0.214 e. The lowest BCUT2D eigenvalue weighted by Gasteiger charge is -2.35. The molecular formula is C21H30FN3O. The first-order chi connectivity index (χ1) is 12.7. The molecular weight excluding hydrogens is 329 g/mol. The number of carbonyl (C=O) groups excluding carboxylic acids is 1. The van der Waals surface area contributed by atoms with Gasteiger partial charge in [-0.3, -0.25) is 9.69 Å². The van der Waals surface area contributed by atoms with Crippen molar-refractivity contribution in [1.29, 1.82) is 0 Å². The minimum Gasteiger partial charge on any atom is -0.354 e. The summed E-state index contributed by atoms with van der Waals surface area (Å²) < 4.78 is 13.2. The lowest BCUT2D eigenvalue weighted by Crippen LogP contribution is -2.47. The molecule has 2 aliphatic rings. The summed E-state index contributed by atoms with van der Waals surface area (Å²) in [7, 11) is 0. The molecule has 3 rings (SSSR count). The second-order valence-electron chi connectivity index (χ2n) is 7.41. The number of ketones is 1. The van der Waals surface area contributed by atoms with Crippen LogP contribution in [0.15, 0.2) is 30.4 Å². The van der Waals surface area contributed by atoms with Gasteiger partial charge in [0.1, 0.15) is 11.6 Å². The number of unbranched alkanes of at least 4 members (excludes halogenated alkanes) is 2. The van der Waals surface area contributed by atoms with E-state index in [1.54, 1.807) is 6.07 Å². The van der Waals surface area contributed by atoms with Crippen LogP contribution in [0.25, 0.3) is 0 Å². The Morgan fingerprint density at radius 1 is 1.12 bits per heavy atom. The van der Waals surface area contributed by atoms with Crippen molar-refractivity contribution in [2.75, 3.05) is 37.6 Å². The number of Topliss-reactive ketones (excluding diaryl/α,β-unsaturated/α-hetero) is 1. The van der Waals surface area contributed by atoms with Crippen LogP contribution >= 0.6 is 0 Å². The number of aromatic nitrogens is 1. The largest absolute Gasteiger partial charge is 0.354 e. The van der Waals surface area contributed by atoms with Gasteiger partial charge in [0.15, 0.2) is 0 Å². The first-order valence-corrected chi connectivity index (χ1v) is 10.00. The average molecular weight is 359 g/mol. The summed E-state index contributed by atoms with van der Waals surface area (Å²) in [6.07, 6.45) is 11.4. The van der Waals surface area contributed by atoms with Gasteiger partial charge in [-0.2, -0.15) is 4.39 Å². The number of nitrogens with zero attached hydrogens (tertiary/aromatic N) is 3. The Bertz CT molecular complexity index is 611. The molecule has 0 N–H and O–H groups in total. The second kappa shape index (κ2) is 9.81. The fraction of sp³-hybridized carbons (Fsp3) is 0.619. The van der Waals surface area contributed by atoms with Crippen LogP contribution in [0.5, 0.6) is 0 Å². The van der Waals surface area contributed by atoms with E-state index < -0.39 is 5.95 Å². The predicted octanol–water partition coefficient (Wildman–Crippen LogP) is 3.83. The highest BCUT2D eigenvalue weighted by Crippen LogP contribution is 2.21. The van der Waals surface area contributed by atoms with E-state index in [0.29, 0.717) is 5.78 Å². The molecule has 142 valence electrons. The normalized spacial score (nSPS) is 21.1. The second-order valence-corrected chi connectivity index (χ2v) is 7.41. The number of allylic oxidation sites excluding steroid dienone is 2. The minimum atomic E-state index is -0.413. The van der Waals surface area contributed by atoms with Gasteiger partial charge in [-0.05, 0) is 50.8 Å². The monoisotopic (exact) mass is 359 g/mol. The summed E-state index contributed by atoms with van der Waals surface area (Å²) >= 11 is 0. The van der Waals surface area contributed by atoms with Crippen molar-refractivity contribution in [1.82, 2.24) is 9.88 Å². The number of piperazine rings is 1. The molecule has 1 fully saturated rings. The van der Waals surface area contributed by atoms with Gasteiger partial charge in [0.05, 0.1) is 0 Å². The Labute approximate surface area is 156 Å². The molecule has 1 aliphatic heterocycles. The third-order valence-electron chi connectivity index (χ3n) is 5.52. The number of hydrogen-bond acceptors (Lipinski definition) is 4. The lowest BCUT2D eigenvalue weighted by molar-refractivity contribution is -0.123. The number of halogens is 1. The van der Waals surface area contributed by atoms with Crippen LogP contribution < -0.4 is 4.90 Å². The molecule has 0 radical (unpaired) electrons. The standard InChI is InChI=1S/C21H30FN3O/c22-20-11-7-12-21(23-20)25-16-14-24(15-17-25)13-6-2-5-10-19(26)18-8-3-1-4-9-18/h1,3,7,11-12,18H,2,4-6,8-10,13-17H2. The van der Waals surface area contributed by atoms with Crippen LogP contribution in [-0.4, -0.2) is 48.4 Å². The van der Waals surface area contributed by atoms with Crippen molar-refractivity contribution >= 4 is 11.6 Å². The lowest BCUT2D eigenvalue weighted by atomic mass is 9.88. The summed E-state index contributed by atoms with van der Waals surface area (Å²) in [6, 6.07) is 4.97. The first kappa shape index (κ1) is 19.0. The Morgan fingerprint density at radius 3 is 2.69 bits per heavy atom. The number of anilines is 1. The van der Waals surface area contributed by atoms with Crippen molar-refractivity contribution in [2.45, 2.75) is 44.9 Å². The van der Waals surface area contributed by atoms with Crippen LogP contribution in [0.3, 0.4) is 0 Å². The smallest absolute Gasteiger partial charge is 0.214 e. The summed E-state index contributed by atoms with van der Waals surface area (Å²) in [5.74, 6) is 1.07. The maximum atomic E-state index is 13.2. The fourth-order valence-electron chi connectivity index (χ4n) is 3.88. The SMILES string of the molecule is O=C(CCCCCN1CCN(c2cccc(F)n2)CC1)C1CC=CCC1. The van der Waals surface area contributed by atoms with Gasteiger partial charge in [-0.1, -0.05) is 24.6 Å². The molecule has 0 amide bonds. The number of carbonyl (C=O) groups is 1. The summed E-state index contributed by atoms with van der Waals surface area (Å²) in [4.78, 5) is 20.8. The molecule has 0 bridgehead atoms. The van der Waals surface area contributed by atoms with Crippen molar-refractivity contribution in [3.05, 3.63) is 36.3 Å². The Balaban J connectivity index is 1.27. The van der Waals surface area contributed by atoms with Crippen LogP contribution in [0, 0.1) is 11.9 Å². The molecule has 0 spiro atoms. The van der Waals surface area contributed by atoms with E-state index in [0.717, 1.165) is 83.5 Å². The summed E-state index contributed by atoms with van der Waals surface area (Å²) in [5, 5.41) is 0. The topological polar surface area (TPSA) is 36.4 Å². The number of pyridine rings is 1. The highest BCUT2D eigenvalue weighted by atomic mass is 19.1. The highest BCUT2D eigenvalue weighted by molar-refractivity contribution is 5.81. The van der Waals surface area contributed by atoms with E-state index in [1.165, 1.54) is 6.07 Å². The van der Waals surface area contributed by atoms with Crippen LogP contribution in [-0.2, 0) is 4.79 Å². The van der Waals surface area contributed by atoms with Gasteiger partial charge in [0.25, 0.3) is 0 Å². The quantitative estimate of drug-likeness (QED) is 0.402. The molecule has 1 unspecified atom stereocenters. The molecule has 26 heavy (non-hydrogen) atoms. The molecule has 0 aromatic carbocycles. The van der Waals surface area contributed by atoms with Crippen molar-refractivity contribution in [2.24, 2.45) is 5.92 Å². The summed E-state index contributed by atoms with van der Waals surface area (Å²) in [6.45, 7) is 4.86. The Morgan fingerprint density at radius 2 is 1.96 bits per heavy atom. The van der Waals surface area contributed by atoms with Gasteiger partial charge in [0, 0.05) is 38.5 Å². The zero-order valence-corrected chi connectivity index (χ0v) is 15.6. The van der Waals surface area contributed by atoms with Crippen LogP contribution in [0.2, 0.25) is 0 Å². The predicted molar refractivity (Wildman–Crippen MR) is 103 cm³/mol. The molecule has 1 aliphatic carbocycles. The fourth-order valence-corrected chi connectivity index (χ4v) is 3.88. The van der Waals surface area contributed by atoms with E-state index in [-0.39, 0.29) is 5.92 Å². The van der Waals surface area contributed by atoms with Gasteiger partial charge >= 0.3 is 0 Å². The van der Waals surface area contributed by atoms with E-state index in [2.05, 4.69) is 26.9 Å². The van der Waals surface area contributed by atoms with Crippen LogP contribution in [0.1, 0.15) is 44.9 Å². The number of hydrogen-bond donors (Lipinski definition) is 0. The molecule has 1 atom stereocenters. The number of rotatable bonds is 8. The van der Waals surface area contributed by atoms with Gasteiger partial charge < -0.3 is 4.90 Å². The molecule has 1 aromatic heterocycles. The third-order valence-corrected chi connectivity index (χ3v) is 5.52. The van der Waals surface area contributed by atoms with E-state index in [9.17, 15) is 9.18 Å². The highest BCUT2D eigenvalue weighted by Gasteiger charge is 2.19. The van der Waals surface area contributed by atoms with Gasteiger partial charge in [-0.25, -0.2) is 4.98 Å². The van der Waals surface area contributed by atoms with E-state index in [4.69, 9.17) is 0 Å². The van der Waals surface area contributed by atoms with Crippen molar-refractivity contribution < 1.29 is 9.18 Å². The average Bonchev–Trinajstić information content (AvgIpc) is 2.69. The molecule has 1 aromatic rings. The first-order valence-electron chi connectivity index (χ1n) is 10.00. The minimum absolute atomic E-state index is 0.282.